The van der Waals surface area contributed by atoms with Crippen molar-refractivity contribution < 1.29 is 4.79 Å². The summed E-state index contributed by atoms with van der Waals surface area (Å²) in [5.74, 6) is 0.789. The Labute approximate surface area is 86.6 Å². The normalized spacial score (nSPS) is 30.7. The molecule has 0 aliphatic heterocycles. The van der Waals surface area contributed by atoms with Crippen molar-refractivity contribution in [1.29, 1.82) is 5.41 Å². The van der Waals surface area contributed by atoms with Gasteiger partial charge in [-0.15, -0.1) is 0 Å². The van der Waals surface area contributed by atoms with Crippen LogP contribution in [0.25, 0.3) is 0 Å². The first kappa shape index (κ1) is 11.4. The topological polar surface area (TPSA) is 40.9 Å². The van der Waals surface area contributed by atoms with Gasteiger partial charge in [0.15, 0.2) is 5.78 Å². The minimum atomic E-state index is 0.0891. The van der Waals surface area contributed by atoms with E-state index in [0.29, 0.717) is 18.1 Å². The lowest BCUT2D eigenvalue weighted by atomic mass is 9.91. The van der Waals surface area contributed by atoms with Crippen LogP contribution >= 0.6 is 0 Å². The molecule has 0 amide bonds. The molecule has 0 radical (unpaired) electrons. The molecule has 1 saturated carbocycles. The maximum Gasteiger partial charge on any atom is 0.176 e. The molecule has 0 aromatic rings. The Hall–Kier alpha value is -0.660. The summed E-state index contributed by atoms with van der Waals surface area (Å²) in [5.41, 5.74) is 0.390. The largest absolute Gasteiger partial charge is 0.301 e. The van der Waals surface area contributed by atoms with Crippen LogP contribution in [0.15, 0.2) is 0 Å². The molecular weight excluding hydrogens is 174 g/mol. The van der Waals surface area contributed by atoms with Gasteiger partial charge in [0.1, 0.15) is 0 Å². The molecule has 0 spiro atoms. The number of ketones is 1. The number of carbonyl (C=O) groups excluding carboxylic acids is 1. The molecule has 0 saturated heterocycles. The van der Waals surface area contributed by atoms with Crippen molar-refractivity contribution in [3.8, 4) is 0 Å². The molecule has 14 heavy (non-hydrogen) atoms. The Balaban J connectivity index is 2.67. The Bertz CT molecular complexity index is 222. The van der Waals surface area contributed by atoms with Crippen molar-refractivity contribution in [2.75, 3.05) is 0 Å². The van der Waals surface area contributed by atoms with E-state index in [1.165, 1.54) is 12.8 Å². The number of nitrogens with one attached hydrogen (secondary N) is 1. The highest BCUT2D eigenvalue weighted by Crippen LogP contribution is 2.22. The highest BCUT2D eigenvalue weighted by atomic mass is 16.1. The predicted molar refractivity (Wildman–Crippen MR) is 58.8 cm³/mol. The molecule has 1 rings (SSSR count). The lowest BCUT2D eigenvalue weighted by Crippen LogP contribution is -2.23. The molecule has 0 aromatic heterocycles. The van der Waals surface area contributed by atoms with Crippen molar-refractivity contribution in [2.45, 2.75) is 52.4 Å². The standard InChI is InChI=1S/C12H21NO/c1-3-10-7-5-4-6-9(2)8-11(14)12(10)13/h9-10,13H,3-8H2,1-2H3. The number of rotatable bonds is 1. The van der Waals surface area contributed by atoms with E-state index in [1.807, 2.05) is 0 Å². The summed E-state index contributed by atoms with van der Waals surface area (Å²) in [6, 6.07) is 0. The molecule has 1 fully saturated rings. The molecule has 0 aromatic carbocycles. The van der Waals surface area contributed by atoms with Gasteiger partial charge in [0, 0.05) is 12.3 Å². The summed E-state index contributed by atoms with van der Waals surface area (Å²) >= 11 is 0. The van der Waals surface area contributed by atoms with Crippen LogP contribution in [0.3, 0.4) is 0 Å². The van der Waals surface area contributed by atoms with Crippen molar-refractivity contribution in [3.63, 3.8) is 0 Å². The summed E-state index contributed by atoms with van der Waals surface area (Å²) in [6.45, 7) is 4.20. The smallest absolute Gasteiger partial charge is 0.176 e. The third kappa shape index (κ3) is 2.93. The van der Waals surface area contributed by atoms with E-state index in [2.05, 4.69) is 13.8 Å². The molecule has 1 aliphatic carbocycles. The molecule has 1 N–H and O–H groups in total. The van der Waals surface area contributed by atoms with Gasteiger partial charge in [-0.1, -0.05) is 33.1 Å². The Kier molecular flexibility index (Phi) is 4.30. The first-order valence-electron chi connectivity index (χ1n) is 5.76. The van der Waals surface area contributed by atoms with Crippen LogP contribution in [0.4, 0.5) is 0 Å². The number of hydrogen-bond acceptors (Lipinski definition) is 2. The zero-order chi connectivity index (χ0) is 10.6. The summed E-state index contributed by atoms with van der Waals surface area (Å²) in [6.07, 6.45) is 6.12. The van der Waals surface area contributed by atoms with Crippen LogP contribution < -0.4 is 0 Å². The van der Waals surface area contributed by atoms with Crippen molar-refractivity contribution >= 4 is 11.5 Å². The zero-order valence-electron chi connectivity index (χ0n) is 9.31. The van der Waals surface area contributed by atoms with Gasteiger partial charge in [-0.3, -0.25) is 4.79 Å². The zero-order valence-corrected chi connectivity index (χ0v) is 9.31. The fourth-order valence-corrected chi connectivity index (χ4v) is 2.19. The van der Waals surface area contributed by atoms with Gasteiger partial charge in [0.25, 0.3) is 0 Å². The second-order valence-corrected chi connectivity index (χ2v) is 4.54. The molecule has 2 heteroatoms. The number of Topliss-reactive ketones (excluding diaryl/α,β-unsaturated/α-hetero) is 1. The van der Waals surface area contributed by atoms with E-state index < -0.39 is 0 Å². The van der Waals surface area contributed by atoms with Gasteiger partial charge in [-0.2, -0.15) is 0 Å². The second kappa shape index (κ2) is 5.28. The summed E-state index contributed by atoms with van der Waals surface area (Å²) in [7, 11) is 0. The molecule has 2 unspecified atom stereocenters. The van der Waals surface area contributed by atoms with E-state index in [-0.39, 0.29) is 11.7 Å². The highest BCUT2D eigenvalue weighted by Gasteiger charge is 2.22. The number of carbonyl (C=O) groups is 1. The van der Waals surface area contributed by atoms with E-state index in [4.69, 9.17) is 5.41 Å². The van der Waals surface area contributed by atoms with Crippen molar-refractivity contribution in [3.05, 3.63) is 0 Å². The average Bonchev–Trinajstić information content (AvgIpc) is 2.21. The monoisotopic (exact) mass is 195 g/mol. The maximum atomic E-state index is 11.7. The summed E-state index contributed by atoms with van der Waals surface area (Å²) < 4.78 is 0. The molecular formula is C12H21NO. The minimum Gasteiger partial charge on any atom is -0.301 e. The molecule has 0 heterocycles. The van der Waals surface area contributed by atoms with Crippen LogP contribution in [0.2, 0.25) is 0 Å². The first-order chi connectivity index (χ1) is 6.65. The van der Waals surface area contributed by atoms with Crippen molar-refractivity contribution in [1.82, 2.24) is 0 Å². The van der Waals surface area contributed by atoms with Gasteiger partial charge in [0.05, 0.1) is 5.71 Å². The molecule has 2 nitrogen and oxygen atoms in total. The van der Waals surface area contributed by atoms with E-state index in [9.17, 15) is 4.79 Å². The Morgan fingerprint density at radius 3 is 2.64 bits per heavy atom. The fraction of sp³-hybridized carbons (Fsp3) is 0.833. The van der Waals surface area contributed by atoms with Gasteiger partial charge in [-0.25, -0.2) is 0 Å². The Morgan fingerprint density at radius 1 is 1.36 bits per heavy atom. The molecule has 1 aliphatic rings. The van der Waals surface area contributed by atoms with Gasteiger partial charge < -0.3 is 5.41 Å². The average molecular weight is 195 g/mol. The van der Waals surface area contributed by atoms with Gasteiger partial charge >= 0.3 is 0 Å². The summed E-state index contributed by atoms with van der Waals surface area (Å²) in [4.78, 5) is 11.7. The predicted octanol–water partition coefficient (Wildman–Crippen LogP) is 3.20. The van der Waals surface area contributed by atoms with Gasteiger partial charge in [0.2, 0.25) is 0 Å². The van der Waals surface area contributed by atoms with Crippen LogP contribution in [-0.4, -0.2) is 11.5 Å². The highest BCUT2D eigenvalue weighted by molar-refractivity contribution is 6.39. The molecule has 2 atom stereocenters. The summed E-state index contributed by atoms with van der Waals surface area (Å²) in [5, 5.41) is 7.83. The van der Waals surface area contributed by atoms with Crippen molar-refractivity contribution in [2.24, 2.45) is 11.8 Å². The third-order valence-electron chi connectivity index (χ3n) is 3.23. The first-order valence-corrected chi connectivity index (χ1v) is 5.76. The van der Waals surface area contributed by atoms with Crippen LogP contribution in [0, 0.1) is 17.2 Å². The SMILES string of the molecule is CCC1CCCCC(C)CC(=O)C1=N. The Morgan fingerprint density at radius 2 is 2.00 bits per heavy atom. The lowest BCUT2D eigenvalue weighted by molar-refractivity contribution is -0.114. The quantitative estimate of drug-likeness (QED) is 0.685. The molecule has 0 bridgehead atoms. The minimum absolute atomic E-state index is 0.0891. The van der Waals surface area contributed by atoms with E-state index in [1.54, 1.807) is 0 Å². The van der Waals surface area contributed by atoms with Crippen LogP contribution in [-0.2, 0) is 4.79 Å². The fourth-order valence-electron chi connectivity index (χ4n) is 2.19. The second-order valence-electron chi connectivity index (χ2n) is 4.54. The number of hydrogen-bond donors (Lipinski definition) is 1. The van der Waals surface area contributed by atoms with Crippen LogP contribution in [0.1, 0.15) is 52.4 Å². The van der Waals surface area contributed by atoms with E-state index in [0.717, 1.165) is 19.3 Å². The van der Waals surface area contributed by atoms with Crippen LogP contribution in [0.5, 0.6) is 0 Å². The maximum absolute atomic E-state index is 11.7. The third-order valence-corrected chi connectivity index (χ3v) is 3.23. The van der Waals surface area contributed by atoms with Gasteiger partial charge in [-0.05, 0) is 18.8 Å². The van der Waals surface area contributed by atoms with E-state index >= 15 is 0 Å². The molecule has 80 valence electrons. The lowest BCUT2D eigenvalue weighted by Gasteiger charge is -2.13.